The van der Waals surface area contributed by atoms with Crippen molar-refractivity contribution < 1.29 is 19.1 Å². The minimum Gasteiger partial charge on any atom is -0.444 e. The molecule has 1 aromatic carbocycles. The van der Waals surface area contributed by atoms with Gasteiger partial charge in [0.1, 0.15) is 17.7 Å². The van der Waals surface area contributed by atoms with Crippen LogP contribution in [0.15, 0.2) is 18.2 Å². The Kier molecular flexibility index (Phi) is 12.4. The zero-order valence-corrected chi connectivity index (χ0v) is 24.2. The molecule has 7 nitrogen and oxygen atoms in total. The summed E-state index contributed by atoms with van der Waals surface area (Å²) >= 11 is 0. The number of carbonyl (C=O) groups is 3. The Morgan fingerprint density at radius 1 is 0.972 bits per heavy atom. The minimum absolute atomic E-state index is 0.0803. The van der Waals surface area contributed by atoms with Gasteiger partial charge < -0.3 is 20.3 Å². The number of hydrogen-bond acceptors (Lipinski definition) is 4. The summed E-state index contributed by atoms with van der Waals surface area (Å²) in [5.74, 6) is -0.334. The van der Waals surface area contributed by atoms with Crippen molar-refractivity contribution in [3.05, 3.63) is 34.9 Å². The molecule has 0 fully saturated rings. The third-order valence-corrected chi connectivity index (χ3v) is 5.79. The van der Waals surface area contributed by atoms with Gasteiger partial charge in [-0.3, -0.25) is 9.59 Å². The predicted molar refractivity (Wildman–Crippen MR) is 146 cm³/mol. The molecule has 3 amide bonds. The number of nitrogens with zero attached hydrogens (tertiary/aromatic N) is 1. The quantitative estimate of drug-likeness (QED) is 0.352. The second kappa shape index (κ2) is 14.2. The van der Waals surface area contributed by atoms with Gasteiger partial charge in [0.05, 0.1) is 0 Å². The second-order valence-electron chi connectivity index (χ2n) is 11.4. The number of unbranched alkanes of at least 4 members (excludes halogenated alkanes) is 2. The van der Waals surface area contributed by atoms with E-state index in [1.807, 2.05) is 59.7 Å². The fraction of sp³-hybridized carbons (Fsp3) is 0.690. The maximum atomic E-state index is 14.2. The number of nitrogens with one attached hydrogen (secondary N) is 2. The molecule has 0 aliphatic carbocycles. The second-order valence-corrected chi connectivity index (χ2v) is 11.4. The maximum absolute atomic E-state index is 14.2. The van der Waals surface area contributed by atoms with E-state index >= 15 is 0 Å². The lowest BCUT2D eigenvalue weighted by Gasteiger charge is -2.36. The van der Waals surface area contributed by atoms with Crippen LogP contribution in [0, 0.1) is 19.8 Å². The van der Waals surface area contributed by atoms with Gasteiger partial charge >= 0.3 is 6.09 Å². The molecule has 0 bridgehead atoms. The molecule has 7 heteroatoms. The molecular weight excluding hydrogens is 454 g/mol. The number of rotatable bonds is 12. The third-order valence-electron chi connectivity index (χ3n) is 5.79. The largest absolute Gasteiger partial charge is 0.444 e. The van der Waals surface area contributed by atoms with Gasteiger partial charge in [0.25, 0.3) is 0 Å². The van der Waals surface area contributed by atoms with E-state index in [9.17, 15) is 14.4 Å². The van der Waals surface area contributed by atoms with Gasteiger partial charge in [0, 0.05) is 12.6 Å². The maximum Gasteiger partial charge on any atom is 0.408 e. The molecule has 0 saturated carbocycles. The van der Waals surface area contributed by atoms with Crippen molar-refractivity contribution in [1.82, 2.24) is 15.5 Å². The Morgan fingerprint density at radius 2 is 1.56 bits per heavy atom. The van der Waals surface area contributed by atoms with Gasteiger partial charge in [0.2, 0.25) is 11.8 Å². The van der Waals surface area contributed by atoms with Gasteiger partial charge in [0.15, 0.2) is 0 Å². The van der Waals surface area contributed by atoms with E-state index in [1.165, 1.54) is 0 Å². The van der Waals surface area contributed by atoms with Crippen molar-refractivity contribution >= 4 is 17.9 Å². The average Bonchev–Trinajstić information content (AvgIpc) is 2.71. The van der Waals surface area contributed by atoms with Crippen LogP contribution >= 0.6 is 0 Å². The summed E-state index contributed by atoms with van der Waals surface area (Å²) in [7, 11) is 0. The van der Waals surface area contributed by atoms with Crippen LogP contribution in [0.3, 0.4) is 0 Å². The lowest BCUT2D eigenvalue weighted by Crippen LogP contribution is -2.54. The number of hydrogen-bond donors (Lipinski definition) is 2. The predicted octanol–water partition coefficient (Wildman–Crippen LogP) is 5.83. The average molecular weight is 504 g/mol. The summed E-state index contributed by atoms with van der Waals surface area (Å²) < 4.78 is 5.46. The highest BCUT2D eigenvalue weighted by Gasteiger charge is 2.37. The topological polar surface area (TPSA) is 87.7 Å². The van der Waals surface area contributed by atoms with Crippen molar-refractivity contribution in [3.8, 4) is 0 Å². The molecule has 0 heterocycles. The Hall–Kier alpha value is -2.57. The summed E-state index contributed by atoms with van der Waals surface area (Å²) in [6.07, 6.45) is 2.49. The molecule has 0 aliphatic heterocycles. The highest BCUT2D eigenvalue weighted by molar-refractivity contribution is 5.92. The van der Waals surface area contributed by atoms with Gasteiger partial charge in [-0.2, -0.15) is 0 Å². The molecule has 0 aliphatic rings. The fourth-order valence-corrected chi connectivity index (χ4v) is 4.29. The molecule has 0 radical (unpaired) electrons. The normalized spacial score (nSPS) is 13.3. The molecule has 1 rings (SSSR count). The van der Waals surface area contributed by atoms with E-state index < -0.39 is 23.8 Å². The van der Waals surface area contributed by atoms with Crippen LogP contribution in [0.2, 0.25) is 0 Å². The SMILES string of the molecule is CCCCCN(C(=O)C(CC(C)C)NC(=O)OC(C)(C)C)C(C(=O)NC(C)C)c1c(C)cccc1C. The first-order valence-electron chi connectivity index (χ1n) is 13.3. The Balaban J connectivity index is 3.57. The van der Waals surface area contributed by atoms with Crippen LogP contribution in [0.4, 0.5) is 4.79 Å². The smallest absolute Gasteiger partial charge is 0.408 e. The third kappa shape index (κ3) is 10.2. The van der Waals surface area contributed by atoms with Crippen molar-refractivity contribution in [1.29, 1.82) is 0 Å². The lowest BCUT2D eigenvalue weighted by molar-refractivity contribution is -0.143. The summed E-state index contributed by atoms with van der Waals surface area (Å²) in [6, 6.07) is 4.21. The Morgan fingerprint density at radius 3 is 2.03 bits per heavy atom. The molecule has 36 heavy (non-hydrogen) atoms. The lowest BCUT2D eigenvalue weighted by atomic mass is 9.92. The first kappa shape index (κ1) is 31.5. The van der Waals surface area contributed by atoms with Crippen LogP contribution in [0.1, 0.15) is 104 Å². The van der Waals surface area contributed by atoms with Crippen LogP contribution in [0.25, 0.3) is 0 Å². The first-order chi connectivity index (χ1) is 16.7. The number of carbonyl (C=O) groups excluding carboxylic acids is 3. The fourth-order valence-electron chi connectivity index (χ4n) is 4.29. The summed E-state index contributed by atoms with van der Waals surface area (Å²) in [5.41, 5.74) is 2.05. The zero-order chi connectivity index (χ0) is 27.6. The highest BCUT2D eigenvalue weighted by atomic mass is 16.6. The van der Waals surface area contributed by atoms with Crippen molar-refractivity contribution in [2.45, 2.75) is 119 Å². The Bertz CT molecular complexity index is 854. The minimum atomic E-state index is -0.805. The number of aryl methyl sites for hydroxylation is 2. The monoisotopic (exact) mass is 503 g/mol. The molecule has 2 N–H and O–H groups in total. The van der Waals surface area contributed by atoms with Crippen LogP contribution < -0.4 is 10.6 Å². The van der Waals surface area contributed by atoms with E-state index in [0.29, 0.717) is 13.0 Å². The number of alkyl carbamates (subject to hydrolysis) is 1. The number of benzene rings is 1. The number of ether oxygens (including phenoxy) is 1. The van der Waals surface area contributed by atoms with Crippen LogP contribution in [-0.4, -0.2) is 47.0 Å². The van der Waals surface area contributed by atoms with E-state index in [4.69, 9.17) is 4.74 Å². The highest BCUT2D eigenvalue weighted by Crippen LogP contribution is 2.30. The first-order valence-corrected chi connectivity index (χ1v) is 13.3. The summed E-state index contributed by atoms with van der Waals surface area (Å²) in [4.78, 5) is 42.2. The zero-order valence-electron chi connectivity index (χ0n) is 24.2. The van der Waals surface area contributed by atoms with Gasteiger partial charge in [-0.1, -0.05) is 51.8 Å². The van der Waals surface area contributed by atoms with Crippen molar-refractivity contribution in [3.63, 3.8) is 0 Å². The van der Waals surface area contributed by atoms with E-state index in [-0.39, 0.29) is 23.8 Å². The van der Waals surface area contributed by atoms with E-state index in [0.717, 1.165) is 36.0 Å². The molecule has 0 saturated heterocycles. The van der Waals surface area contributed by atoms with Crippen molar-refractivity contribution in [2.24, 2.45) is 5.92 Å². The van der Waals surface area contributed by atoms with Gasteiger partial charge in [-0.05, 0) is 83.9 Å². The van der Waals surface area contributed by atoms with Gasteiger partial charge in [-0.25, -0.2) is 4.79 Å². The standard InChI is InChI=1S/C29H49N3O4/c1-11-12-13-17-32(27(34)23(18-19(2)3)31-28(35)36-29(8,9)10)25(26(33)30-20(4)5)24-21(6)15-14-16-22(24)7/h14-16,19-20,23,25H,11-13,17-18H2,1-10H3,(H,30,33)(H,31,35). The molecule has 0 spiro atoms. The van der Waals surface area contributed by atoms with Crippen LogP contribution in [0.5, 0.6) is 0 Å². The Labute approximate surface area is 218 Å². The van der Waals surface area contributed by atoms with Crippen molar-refractivity contribution in [2.75, 3.05) is 6.54 Å². The molecule has 1 aromatic rings. The van der Waals surface area contributed by atoms with E-state index in [2.05, 4.69) is 17.6 Å². The molecule has 0 aromatic heterocycles. The molecular formula is C29H49N3O4. The van der Waals surface area contributed by atoms with E-state index in [1.54, 1.807) is 25.7 Å². The molecule has 2 atom stereocenters. The summed E-state index contributed by atoms with van der Waals surface area (Å²) in [6.45, 7) is 19.7. The number of amides is 3. The molecule has 2 unspecified atom stereocenters. The van der Waals surface area contributed by atoms with Gasteiger partial charge in [-0.15, -0.1) is 0 Å². The summed E-state index contributed by atoms with van der Waals surface area (Å²) in [5, 5.41) is 5.83. The van der Waals surface area contributed by atoms with Crippen LogP contribution in [-0.2, 0) is 14.3 Å². The molecule has 204 valence electrons.